The van der Waals surface area contributed by atoms with Crippen LogP contribution in [0.4, 0.5) is 26.3 Å². The molecule has 5 saturated carbocycles. The van der Waals surface area contributed by atoms with Gasteiger partial charge in [0.25, 0.3) is 5.60 Å². The number of alkyl halides is 6. The zero-order chi connectivity index (χ0) is 23.8. The Labute approximate surface area is 192 Å². The van der Waals surface area contributed by atoms with Crippen molar-refractivity contribution in [3.8, 4) is 0 Å². The maximum atomic E-state index is 14.4. The van der Waals surface area contributed by atoms with Gasteiger partial charge in [0.2, 0.25) is 0 Å². The summed E-state index contributed by atoms with van der Waals surface area (Å²) in [6, 6.07) is 0. The minimum absolute atomic E-state index is 0.0271. The largest absolute Gasteiger partial charge is 0.426 e. The lowest BCUT2D eigenvalue weighted by Crippen LogP contribution is -2.65. The number of fused-ring (bicyclic) bond motifs is 9. The minimum atomic E-state index is -5.54. The van der Waals surface area contributed by atoms with Crippen LogP contribution < -0.4 is 0 Å². The summed E-state index contributed by atoms with van der Waals surface area (Å²) in [4.78, 5) is 0. The SMILES string of the molecule is CC1C(C)C2CC1C1C3CC(C21)C(C(OCOCC1CCCCC1)(C(F)(F)F)C(F)(F)F)C3. The van der Waals surface area contributed by atoms with Gasteiger partial charge in [0.05, 0.1) is 6.61 Å². The number of halogens is 6. The first kappa shape index (κ1) is 24.2. The average molecular weight is 483 g/mol. The minimum Gasteiger partial charge on any atom is -0.355 e. The number of hydrogen-bond donors (Lipinski definition) is 0. The lowest BCUT2D eigenvalue weighted by Gasteiger charge is -2.49. The Morgan fingerprint density at radius 3 is 1.94 bits per heavy atom. The summed E-state index contributed by atoms with van der Waals surface area (Å²) in [6.07, 6.45) is -4.71. The van der Waals surface area contributed by atoms with Crippen LogP contribution in [0.25, 0.3) is 0 Å². The second-order valence-electron chi connectivity index (χ2n) is 11.8. The normalized spacial score (nSPS) is 43.5. The molecule has 0 radical (unpaired) electrons. The molecular formula is C25H36F6O2. The molecule has 33 heavy (non-hydrogen) atoms. The fourth-order valence-electron chi connectivity index (χ4n) is 9.25. The lowest BCUT2D eigenvalue weighted by molar-refractivity contribution is -0.414. The Bertz CT molecular complexity index is 701. The van der Waals surface area contributed by atoms with E-state index in [0.29, 0.717) is 30.1 Å². The van der Waals surface area contributed by atoms with Crippen molar-refractivity contribution < 1.29 is 35.8 Å². The molecule has 5 aliphatic rings. The third kappa shape index (κ3) is 3.58. The summed E-state index contributed by atoms with van der Waals surface area (Å²) in [6.45, 7) is 3.53. The summed E-state index contributed by atoms with van der Waals surface area (Å²) in [5.41, 5.74) is -4.15. The highest BCUT2D eigenvalue weighted by molar-refractivity contribution is 5.18. The fraction of sp³-hybridized carbons (Fsp3) is 1.00. The van der Waals surface area contributed by atoms with Gasteiger partial charge in [-0.2, -0.15) is 26.3 Å². The van der Waals surface area contributed by atoms with Crippen LogP contribution in [-0.4, -0.2) is 31.4 Å². The standard InChI is InChI=1S/C25H36F6O2/c1-13-14(2)18-10-17(13)21-16-8-19(22(18)21)20(9-16)23(24(26,27)28,25(29,30)31)33-12-32-11-15-6-4-3-5-7-15/h13-22H,3-12H2,1-2H3. The molecule has 0 aromatic carbocycles. The van der Waals surface area contributed by atoms with E-state index in [-0.39, 0.29) is 36.7 Å². The molecule has 5 rings (SSSR count). The highest BCUT2D eigenvalue weighted by Gasteiger charge is 2.80. The Kier molecular flexibility index (Phi) is 6.07. The van der Waals surface area contributed by atoms with E-state index in [2.05, 4.69) is 13.8 Å². The van der Waals surface area contributed by atoms with Crippen LogP contribution in [0.1, 0.15) is 65.2 Å². The summed E-state index contributed by atoms with van der Waals surface area (Å²) in [5, 5.41) is 0. The van der Waals surface area contributed by atoms with Crippen LogP contribution in [0, 0.1) is 59.2 Å². The van der Waals surface area contributed by atoms with E-state index < -0.39 is 36.6 Å². The quantitative estimate of drug-likeness (QED) is 0.172. The summed E-state index contributed by atoms with van der Waals surface area (Å²) in [5.74, 6) is -0.178. The number of hydrogen-bond acceptors (Lipinski definition) is 2. The van der Waals surface area contributed by atoms with Crippen molar-refractivity contribution in [3.63, 3.8) is 0 Å². The summed E-state index contributed by atoms with van der Waals surface area (Å²) < 4.78 is 96.6. The first-order chi connectivity index (χ1) is 15.5. The Morgan fingerprint density at radius 2 is 1.33 bits per heavy atom. The predicted octanol–water partition coefficient (Wildman–Crippen LogP) is 7.23. The number of ether oxygens (including phenoxy) is 2. The highest BCUT2D eigenvalue weighted by atomic mass is 19.4. The fourth-order valence-corrected chi connectivity index (χ4v) is 9.25. The van der Waals surface area contributed by atoms with Crippen LogP contribution in [0.3, 0.4) is 0 Å². The van der Waals surface area contributed by atoms with Gasteiger partial charge in [-0.05, 0) is 85.4 Å². The summed E-state index contributed by atoms with van der Waals surface area (Å²) >= 11 is 0. The molecular weight excluding hydrogens is 446 g/mol. The first-order valence-electron chi connectivity index (χ1n) is 12.8. The monoisotopic (exact) mass is 482 g/mol. The van der Waals surface area contributed by atoms with Gasteiger partial charge in [0.15, 0.2) is 0 Å². The molecule has 0 N–H and O–H groups in total. The molecule has 8 heteroatoms. The molecule has 2 nitrogen and oxygen atoms in total. The molecule has 190 valence electrons. The molecule has 9 atom stereocenters. The van der Waals surface area contributed by atoms with Crippen LogP contribution >= 0.6 is 0 Å². The zero-order valence-corrected chi connectivity index (χ0v) is 19.4. The zero-order valence-electron chi connectivity index (χ0n) is 19.4. The smallest absolute Gasteiger partial charge is 0.355 e. The molecule has 0 aromatic rings. The van der Waals surface area contributed by atoms with Gasteiger partial charge in [-0.1, -0.05) is 33.1 Å². The third-order valence-corrected chi connectivity index (χ3v) is 10.7. The van der Waals surface area contributed by atoms with E-state index in [1.807, 2.05) is 0 Å². The second kappa shape index (κ2) is 8.28. The molecule has 0 saturated heterocycles. The summed E-state index contributed by atoms with van der Waals surface area (Å²) in [7, 11) is 0. The van der Waals surface area contributed by atoms with E-state index >= 15 is 0 Å². The molecule has 0 heterocycles. The van der Waals surface area contributed by atoms with Crippen LogP contribution in [-0.2, 0) is 9.47 Å². The van der Waals surface area contributed by atoms with E-state index in [0.717, 1.165) is 38.5 Å². The third-order valence-electron chi connectivity index (χ3n) is 10.7. The van der Waals surface area contributed by atoms with Crippen molar-refractivity contribution in [2.24, 2.45) is 59.2 Å². The van der Waals surface area contributed by atoms with Gasteiger partial charge in [-0.25, -0.2) is 0 Å². The van der Waals surface area contributed by atoms with Gasteiger partial charge >= 0.3 is 12.4 Å². The van der Waals surface area contributed by atoms with Crippen molar-refractivity contribution in [2.75, 3.05) is 13.4 Å². The molecule has 5 aliphatic carbocycles. The maximum absolute atomic E-state index is 14.4. The lowest BCUT2D eigenvalue weighted by atomic mass is 9.59. The van der Waals surface area contributed by atoms with Crippen LogP contribution in [0.15, 0.2) is 0 Å². The van der Waals surface area contributed by atoms with Crippen molar-refractivity contribution in [1.82, 2.24) is 0 Å². The van der Waals surface area contributed by atoms with Gasteiger partial charge < -0.3 is 9.47 Å². The van der Waals surface area contributed by atoms with Crippen molar-refractivity contribution in [3.05, 3.63) is 0 Å². The Morgan fingerprint density at radius 1 is 0.727 bits per heavy atom. The Hall–Kier alpha value is -0.500. The topological polar surface area (TPSA) is 18.5 Å². The Balaban J connectivity index is 1.37. The van der Waals surface area contributed by atoms with Crippen molar-refractivity contribution in [2.45, 2.75) is 83.2 Å². The molecule has 0 amide bonds. The highest BCUT2D eigenvalue weighted by Crippen LogP contribution is 2.74. The van der Waals surface area contributed by atoms with Crippen molar-refractivity contribution >= 4 is 0 Å². The van der Waals surface area contributed by atoms with Gasteiger partial charge in [-0.15, -0.1) is 0 Å². The molecule has 9 unspecified atom stereocenters. The van der Waals surface area contributed by atoms with E-state index in [4.69, 9.17) is 9.47 Å². The average Bonchev–Trinajstić information content (AvgIpc) is 3.47. The van der Waals surface area contributed by atoms with Gasteiger partial charge in [0, 0.05) is 5.92 Å². The van der Waals surface area contributed by atoms with E-state index in [9.17, 15) is 26.3 Å². The molecule has 0 aromatic heterocycles. The second-order valence-corrected chi connectivity index (χ2v) is 11.8. The van der Waals surface area contributed by atoms with Crippen LogP contribution in [0.5, 0.6) is 0 Å². The molecule has 0 aliphatic heterocycles. The van der Waals surface area contributed by atoms with Crippen LogP contribution in [0.2, 0.25) is 0 Å². The van der Waals surface area contributed by atoms with Crippen molar-refractivity contribution in [1.29, 1.82) is 0 Å². The van der Waals surface area contributed by atoms with E-state index in [1.54, 1.807) is 0 Å². The maximum Gasteiger partial charge on any atom is 0.426 e. The van der Waals surface area contributed by atoms with Gasteiger partial charge in [0.1, 0.15) is 6.79 Å². The molecule has 5 fully saturated rings. The number of rotatable bonds is 6. The van der Waals surface area contributed by atoms with Gasteiger partial charge in [-0.3, -0.25) is 0 Å². The van der Waals surface area contributed by atoms with E-state index in [1.165, 1.54) is 0 Å². The first-order valence-corrected chi connectivity index (χ1v) is 12.8. The molecule has 0 spiro atoms. The predicted molar refractivity (Wildman–Crippen MR) is 110 cm³/mol. The molecule has 4 bridgehead atoms.